The average molecular weight is 524 g/mol. The fraction of sp³-hybridized carbons (Fsp3) is 0.310. The minimum absolute atomic E-state index is 0.0542. The van der Waals surface area contributed by atoms with Gasteiger partial charge in [-0.05, 0) is 42.0 Å². The molecular formula is C29H31FNO5P. The topological polar surface area (TPSA) is 96.7 Å². The number of hydrogen-bond donors (Lipinski definition) is 2. The van der Waals surface area contributed by atoms with E-state index in [-0.39, 0.29) is 17.6 Å². The molecule has 8 heteroatoms. The molecule has 0 amide bonds. The zero-order valence-corrected chi connectivity index (χ0v) is 22.4. The first kappa shape index (κ1) is 28.3. The number of pyridine rings is 1. The zero-order valence-electron chi connectivity index (χ0n) is 21.4. The molecule has 0 aliphatic heterocycles. The number of carbonyl (C=O) groups excluding carboxylic acids is 1. The van der Waals surface area contributed by atoms with Crippen molar-refractivity contribution in [3.05, 3.63) is 71.7 Å². The Hall–Kier alpha value is -3.30. The van der Waals surface area contributed by atoms with E-state index in [0.717, 1.165) is 11.1 Å². The van der Waals surface area contributed by atoms with Gasteiger partial charge in [0, 0.05) is 11.1 Å². The summed E-state index contributed by atoms with van der Waals surface area (Å²) in [4.78, 5) is 28.4. The third-order valence-electron chi connectivity index (χ3n) is 6.23. The Balaban J connectivity index is 2.45. The summed E-state index contributed by atoms with van der Waals surface area (Å²) in [7, 11) is -3.77. The average Bonchev–Trinajstić information content (AvgIpc) is 2.84. The monoisotopic (exact) mass is 523 g/mol. The molecule has 0 fully saturated rings. The van der Waals surface area contributed by atoms with Crippen molar-refractivity contribution in [2.45, 2.75) is 57.7 Å². The highest BCUT2D eigenvalue weighted by molar-refractivity contribution is 7.42. The lowest BCUT2D eigenvalue weighted by Crippen LogP contribution is -2.46. The molecule has 3 rings (SSSR count). The number of aliphatic hydroxyl groups excluding tert-OH is 1. The molecule has 0 saturated heterocycles. The standard InChI is InChI=1S/C29H31FNO5P/c1-7-29(19(6)32,37(34)35)28(33)36-27-24(20-13-15-22(30)16-14-20)23(17(2)3)26(31-25(27)18(4)5)21-11-9-8-10-12-21/h1,8-19,32,37H,2-6H3,(H,34,35). The van der Waals surface area contributed by atoms with Gasteiger partial charge >= 0.3 is 5.97 Å². The first-order chi connectivity index (χ1) is 17.4. The molecule has 3 unspecified atom stereocenters. The Morgan fingerprint density at radius 1 is 1.03 bits per heavy atom. The summed E-state index contributed by atoms with van der Waals surface area (Å²) in [6.07, 6.45) is 3.85. The number of rotatable bonds is 8. The molecule has 3 atom stereocenters. The molecular weight excluding hydrogens is 492 g/mol. The van der Waals surface area contributed by atoms with Gasteiger partial charge in [-0.25, -0.2) is 14.2 Å². The Kier molecular flexibility index (Phi) is 8.71. The lowest BCUT2D eigenvalue weighted by molar-refractivity contribution is -0.138. The van der Waals surface area contributed by atoms with Crippen LogP contribution < -0.4 is 4.74 Å². The first-order valence-electron chi connectivity index (χ1n) is 12.0. The smallest absolute Gasteiger partial charge is 0.342 e. The van der Waals surface area contributed by atoms with Crippen LogP contribution in [0.15, 0.2) is 54.6 Å². The lowest BCUT2D eigenvalue weighted by atomic mass is 9.86. The molecule has 3 aromatic rings. The zero-order chi connectivity index (χ0) is 27.5. The van der Waals surface area contributed by atoms with E-state index in [9.17, 15) is 23.7 Å². The molecule has 0 aliphatic carbocycles. The van der Waals surface area contributed by atoms with Crippen LogP contribution in [0.3, 0.4) is 0 Å². The molecule has 0 bridgehead atoms. The number of carbonyl (C=O) groups is 1. The summed E-state index contributed by atoms with van der Waals surface area (Å²) >= 11 is 0. The predicted octanol–water partition coefficient (Wildman–Crippen LogP) is 5.93. The van der Waals surface area contributed by atoms with Crippen LogP contribution in [0, 0.1) is 18.2 Å². The highest BCUT2D eigenvalue weighted by atomic mass is 31.1. The van der Waals surface area contributed by atoms with Gasteiger partial charge in [0.2, 0.25) is 13.2 Å². The van der Waals surface area contributed by atoms with Crippen LogP contribution in [0.1, 0.15) is 57.7 Å². The van der Waals surface area contributed by atoms with Crippen molar-refractivity contribution < 1.29 is 28.5 Å². The Morgan fingerprint density at radius 3 is 2.08 bits per heavy atom. The molecule has 1 heterocycles. The number of aliphatic hydroxyl groups is 1. The lowest BCUT2D eigenvalue weighted by Gasteiger charge is -2.29. The van der Waals surface area contributed by atoms with Gasteiger partial charge < -0.3 is 14.7 Å². The van der Waals surface area contributed by atoms with Crippen molar-refractivity contribution in [3.8, 4) is 40.5 Å². The number of hydrogen-bond acceptors (Lipinski definition) is 5. The molecule has 1 aromatic heterocycles. The van der Waals surface area contributed by atoms with Gasteiger partial charge in [0.05, 0.1) is 17.5 Å². The third kappa shape index (κ3) is 5.38. The molecule has 2 N–H and O–H groups in total. The second-order valence-corrected chi connectivity index (χ2v) is 10.9. The minimum Gasteiger partial charge on any atom is -0.422 e. The van der Waals surface area contributed by atoms with Crippen molar-refractivity contribution in [1.82, 2.24) is 4.98 Å². The summed E-state index contributed by atoms with van der Waals surface area (Å²) < 4.78 is 32.0. The van der Waals surface area contributed by atoms with Crippen LogP contribution in [0.2, 0.25) is 0 Å². The summed E-state index contributed by atoms with van der Waals surface area (Å²) in [5.74, 6) is 0.0353. The molecule has 0 saturated carbocycles. The van der Waals surface area contributed by atoms with Crippen LogP contribution >= 0.6 is 8.03 Å². The van der Waals surface area contributed by atoms with Crippen LogP contribution in [-0.4, -0.2) is 32.2 Å². The maximum atomic E-state index is 13.9. The second kappa shape index (κ2) is 11.4. The Bertz CT molecular complexity index is 1350. The van der Waals surface area contributed by atoms with Gasteiger partial charge in [0.15, 0.2) is 5.75 Å². The summed E-state index contributed by atoms with van der Waals surface area (Å²) in [5, 5.41) is 7.83. The van der Waals surface area contributed by atoms with Crippen molar-refractivity contribution in [3.63, 3.8) is 0 Å². The highest BCUT2D eigenvalue weighted by Crippen LogP contribution is 2.47. The van der Waals surface area contributed by atoms with E-state index in [1.165, 1.54) is 19.1 Å². The maximum Gasteiger partial charge on any atom is 0.342 e. The van der Waals surface area contributed by atoms with Crippen molar-refractivity contribution in [1.29, 1.82) is 0 Å². The van der Waals surface area contributed by atoms with Gasteiger partial charge in [-0.2, -0.15) is 0 Å². The predicted molar refractivity (Wildman–Crippen MR) is 143 cm³/mol. The van der Waals surface area contributed by atoms with Crippen LogP contribution in [0.4, 0.5) is 4.39 Å². The van der Waals surface area contributed by atoms with Crippen molar-refractivity contribution in [2.24, 2.45) is 0 Å². The molecule has 194 valence electrons. The van der Waals surface area contributed by atoms with E-state index in [0.29, 0.717) is 22.5 Å². The third-order valence-corrected chi connectivity index (χ3v) is 7.67. The van der Waals surface area contributed by atoms with Crippen LogP contribution in [-0.2, 0) is 9.36 Å². The van der Waals surface area contributed by atoms with E-state index >= 15 is 0 Å². The number of aromatic nitrogens is 1. The van der Waals surface area contributed by atoms with Gasteiger partial charge in [-0.3, -0.25) is 4.57 Å². The largest absolute Gasteiger partial charge is 0.422 e. The minimum atomic E-state index is -3.77. The molecule has 6 nitrogen and oxygen atoms in total. The van der Waals surface area contributed by atoms with E-state index in [1.54, 1.807) is 12.1 Å². The van der Waals surface area contributed by atoms with Gasteiger partial charge in [0.25, 0.3) is 0 Å². The number of benzene rings is 2. The highest BCUT2D eigenvalue weighted by Gasteiger charge is 2.49. The Morgan fingerprint density at radius 2 is 1.62 bits per heavy atom. The normalized spacial score (nSPS) is 14.6. The van der Waals surface area contributed by atoms with Crippen molar-refractivity contribution in [2.75, 3.05) is 0 Å². The quantitative estimate of drug-likeness (QED) is 0.216. The van der Waals surface area contributed by atoms with E-state index in [4.69, 9.17) is 16.1 Å². The molecule has 2 aromatic carbocycles. The number of halogens is 1. The molecule has 37 heavy (non-hydrogen) atoms. The summed E-state index contributed by atoms with van der Waals surface area (Å²) in [5.41, 5.74) is 3.73. The summed E-state index contributed by atoms with van der Waals surface area (Å²) in [6.45, 7) is 8.84. The summed E-state index contributed by atoms with van der Waals surface area (Å²) in [6, 6.07) is 15.3. The van der Waals surface area contributed by atoms with Crippen LogP contribution in [0.25, 0.3) is 22.4 Å². The van der Waals surface area contributed by atoms with Gasteiger partial charge in [-0.1, -0.05) is 76.1 Å². The van der Waals surface area contributed by atoms with E-state index in [2.05, 4.69) is 0 Å². The van der Waals surface area contributed by atoms with E-state index < -0.39 is 31.1 Å². The fourth-order valence-corrected chi connectivity index (χ4v) is 4.93. The van der Waals surface area contributed by atoms with Gasteiger partial charge in [-0.15, -0.1) is 6.42 Å². The Labute approximate surface area is 217 Å². The first-order valence-corrected chi connectivity index (χ1v) is 13.3. The van der Waals surface area contributed by atoms with Gasteiger partial charge in [0.1, 0.15) is 5.82 Å². The van der Waals surface area contributed by atoms with E-state index in [1.807, 2.05) is 63.9 Å². The second-order valence-electron chi connectivity index (χ2n) is 9.47. The number of nitrogens with zero attached hydrogens (tertiary/aromatic N) is 1. The SMILES string of the molecule is C#CC(C(=O)Oc1c(C(C)C)nc(-c2ccccc2)c(C(C)C)c1-c1ccc(F)cc1)(C(C)O)[PH](=O)O. The van der Waals surface area contributed by atoms with Crippen molar-refractivity contribution >= 4 is 14.0 Å². The fourth-order valence-electron chi connectivity index (χ4n) is 4.23. The molecule has 0 aliphatic rings. The molecule has 0 radical (unpaired) electrons. The molecule has 0 spiro atoms. The number of ether oxygens (including phenoxy) is 1. The number of terminal acetylenes is 1. The number of esters is 1. The van der Waals surface area contributed by atoms with Crippen LogP contribution in [0.5, 0.6) is 5.75 Å². The maximum absolute atomic E-state index is 13.9.